The lowest BCUT2D eigenvalue weighted by atomic mass is 9.93. The minimum atomic E-state index is 0.108. The monoisotopic (exact) mass is 298 g/mol. The molecule has 0 unspecified atom stereocenters. The summed E-state index contributed by atoms with van der Waals surface area (Å²) in [4.78, 5) is 4.48. The number of hydrogen-bond acceptors (Lipinski definition) is 5. The molecule has 3 aromatic rings. The zero-order valence-electron chi connectivity index (χ0n) is 12.2. The number of para-hydroxylation sites is 2. The van der Waals surface area contributed by atoms with Crippen LogP contribution in [0.25, 0.3) is 11.1 Å². The van der Waals surface area contributed by atoms with E-state index in [1.807, 2.05) is 35.1 Å². The molecule has 2 aromatic heterocycles. The Hall–Kier alpha value is -2.34. The van der Waals surface area contributed by atoms with Crippen molar-refractivity contribution in [2.45, 2.75) is 31.8 Å². The number of aliphatic hydroxyl groups excluding tert-OH is 1. The molecule has 0 saturated carbocycles. The van der Waals surface area contributed by atoms with Gasteiger partial charge in [0.2, 0.25) is 0 Å². The van der Waals surface area contributed by atoms with E-state index in [9.17, 15) is 0 Å². The largest absolute Gasteiger partial charge is 0.424 e. The number of oxazole rings is 1. The van der Waals surface area contributed by atoms with E-state index in [1.165, 1.54) is 11.3 Å². The lowest BCUT2D eigenvalue weighted by Gasteiger charge is -2.23. The fourth-order valence-corrected chi connectivity index (χ4v) is 3.14. The molecule has 0 aliphatic heterocycles. The first-order valence-corrected chi connectivity index (χ1v) is 7.62. The van der Waals surface area contributed by atoms with Crippen molar-refractivity contribution in [1.29, 1.82) is 0 Å². The van der Waals surface area contributed by atoms with Crippen molar-refractivity contribution >= 4 is 17.1 Å². The molecule has 1 aliphatic rings. The quantitative estimate of drug-likeness (QED) is 0.774. The summed E-state index contributed by atoms with van der Waals surface area (Å²) in [5.41, 5.74) is 4.03. The molecular formula is C16H18N4O2. The highest BCUT2D eigenvalue weighted by Crippen LogP contribution is 2.33. The van der Waals surface area contributed by atoms with Gasteiger partial charge in [0, 0.05) is 11.3 Å². The molecule has 2 N–H and O–H groups in total. The molecule has 0 saturated heterocycles. The van der Waals surface area contributed by atoms with Gasteiger partial charge in [0.1, 0.15) is 5.52 Å². The van der Waals surface area contributed by atoms with Crippen molar-refractivity contribution < 1.29 is 9.52 Å². The topological polar surface area (TPSA) is 76.1 Å². The first-order chi connectivity index (χ1) is 10.8. The van der Waals surface area contributed by atoms with Crippen LogP contribution < -0.4 is 5.32 Å². The van der Waals surface area contributed by atoms with Crippen LogP contribution in [0.5, 0.6) is 0 Å². The summed E-state index contributed by atoms with van der Waals surface area (Å²) < 4.78 is 7.65. The summed E-state index contributed by atoms with van der Waals surface area (Å²) in [6.07, 6.45) is 5.00. The standard InChI is InChI=1S/C16H18N4O2/c21-9-8-20-14-6-3-5-12(11(14)10-17-20)18-16-19-13-4-1-2-7-15(13)22-16/h1-2,4,7,10,12,21H,3,5-6,8-9H2,(H,18,19)/t12-/m1/s1. The van der Waals surface area contributed by atoms with Crippen LogP contribution in [0.3, 0.4) is 0 Å². The molecule has 6 nitrogen and oxygen atoms in total. The van der Waals surface area contributed by atoms with E-state index in [-0.39, 0.29) is 12.6 Å². The van der Waals surface area contributed by atoms with Gasteiger partial charge < -0.3 is 14.8 Å². The van der Waals surface area contributed by atoms with E-state index >= 15 is 0 Å². The normalized spacial score (nSPS) is 17.6. The average Bonchev–Trinajstić information content (AvgIpc) is 3.12. The van der Waals surface area contributed by atoms with Crippen LogP contribution in [0, 0.1) is 0 Å². The summed E-state index contributed by atoms with van der Waals surface area (Å²) in [5.74, 6) is 0. The minimum Gasteiger partial charge on any atom is -0.424 e. The van der Waals surface area contributed by atoms with Gasteiger partial charge in [-0.3, -0.25) is 4.68 Å². The van der Waals surface area contributed by atoms with Gasteiger partial charge in [0.25, 0.3) is 6.01 Å². The molecule has 4 rings (SSSR count). The number of aliphatic hydroxyl groups is 1. The highest BCUT2D eigenvalue weighted by molar-refractivity contribution is 5.74. The predicted molar refractivity (Wildman–Crippen MR) is 82.6 cm³/mol. The summed E-state index contributed by atoms with van der Waals surface area (Å²) in [6.45, 7) is 0.655. The average molecular weight is 298 g/mol. The van der Waals surface area contributed by atoms with Crippen molar-refractivity contribution in [3.05, 3.63) is 41.7 Å². The number of nitrogens with one attached hydrogen (secondary N) is 1. The highest BCUT2D eigenvalue weighted by atomic mass is 16.4. The molecule has 1 aromatic carbocycles. The Balaban J connectivity index is 1.61. The van der Waals surface area contributed by atoms with E-state index < -0.39 is 0 Å². The first kappa shape index (κ1) is 13.3. The molecule has 6 heteroatoms. The lowest BCUT2D eigenvalue weighted by molar-refractivity contribution is 0.266. The maximum Gasteiger partial charge on any atom is 0.296 e. The van der Waals surface area contributed by atoms with Gasteiger partial charge in [-0.25, -0.2) is 0 Å². The molecule has 1 aliphatic carbocycles. The fourth-order valence-electron chi connectivity index (χ4n) is 3.14. The van der Waals surface area contributed by atoms with Gasteiger partial charge in [-0.15, -0.1) is 0 Å². The molecule has 22 heavy (non-hydrogen) atoms. The van der Waals surface area contributed by atoms with Gasteiger partial charge in [-0.2, -0.15) is 10.1 Å². The summed E-state index contributed by atoms with van der Waals surface area (Å²) in [6, 6.07) is 8.45. The third kappa shape index (κ3) is 2.25. The van der Waals surface area contributed by atoms with Gasteiger partial charge in [-0.05, 0) is 31.4 Å². The number of fused-ring (bicyclic) bond motifs is 2. The number of rotatable bonds is 4. The number of benzene rings is 1. The Bertz CT molecular complexity index is 759. The van der Waals surface area contributed by atoms with E-state index in [2.05, 4.69) is 15.4 Å². The van der Waals surface area contributed by atoms with Crippen LogP contribution in [0.2, 0.25) is 0 Å². The van der Waals surface area contributed by atoms with Crippen molar-refractivity contribution in [1.82, 2.24) is 14.8 Å². The summed E-state index contributed by atoms with van der Waals surface area (Å²) >= 11 is 0. The smallest absolute Gasteiger partial charge is 0.296 e. The molecule has 114 valence electrons. The lowest BCUT2D eigenvalue weighted by Crippen LogP contribution is -2.19. The molecule has 1 atom stereocenters. The van der Waals surface area contributed by atoms with Crippen LogP contribution in [-0.2, 0) is 13.0 Å². The second kappa shape index (κ2) is 5.46. The molecule has 0 bridgehead atoms. The van der Waals surface area contributed by atoms with Crippen LogP contribution in [-0.4, -0.2) is 26.5 Å². The second-order valence-electron chi connectivity index (χ2n) is 5.57. The molecule has 0 spiro atoms. The van der Waals surface area contributed by atoms with Crippen molar-refractivity contribution in [3.63, 3.8) is 0 Å². The molecule has 2 heterocycles. The van der Waals surface area contributed by atoms with Gasteiger partial charge in [0.15, 0.2) is 5.58 Å². The van der Waals surface area contributed by atoms with E-state index in [0.29, 0.717) is 12.6 Å². The zero-order valence-corrected chi connectivity index (χ0v) is 12.2. The Morgan fingerprint density at radius 3 is 3.14 bits per heavy atom. The SMILES string of the molecule is OCCn1ncc2c1CCC[C@H]2Nc1nc2ccccc2o1. The second-order valence-corrected chi connectivity index (χ2v) is 5.57. The van der Waals surface area contributed by atoms with Gasteiger partial charge in [0.05, 0.1) is 25.4 Å². The maximum atomic E-state index is 9.12. The van der Waals surface area contributed by atoms with Crippen LogP contribution in [0.1, 0.15) is 30.1 Å². The molecule has 0 amide bonds. The third-order valence-corrected chi connectivity index (χ3v) is 4.17. The first-order valence-electron chi connectivity index (χ1n) is 7.62. The minimum absolute atomic E-state index is 0.108. The third-order valence-electron chi connectivity index (χ3n) is 4.17. The van der Waals surface area contributed by atoms with Crippen LogP contribution >= 0.6 is 0 Å². The molecular weight excluding hydrogens is 280 g/mol. The number of aromatic nitrogens is 3. The van der Waals surface area contributed by atoms with E-state index in [4.69, 9.17) is 9.52 Å². The predicted octanol–water partition coefficient (Wildman–Crippen LogP) is 2.51. The number of nitrogens with zero attached hydrogens (tertiary/aromatic N) is 3. The van der Waals surface area contributed by atoms with Crippen molar-refractivity contribution in [2.24, 2.45) is 0 Å². The van der Waals surface area contributed by atoms with Crippen LogP contribution in [0.4, 0.5) is 6.01 Å². The Morgan fingerprint density at radius 1 is 1.36 bits per heavy atom. The van der Waals surface area contributed by atoms with Crippen LogP contribution in [0.15, 0.2) is 34.9 Å². The van der Waals surface area contributed by atoms with Gasteiger partial charge in [-0.1, -0.05) is 12.1 Å². The number of anilines is 1. The molecule has 0 fully saturated rings. The Morgan fingerprint density at radius 2 is 2.27 bits per heavy atom. The van der Waals surface area contributed by atoms with E-state index in [1.54, 1.807) is 0 Å². The Labute approximate surface area is 127 Å². The summed E-state index contributed by atoms with van der Waals surface area (Å²) in [7, 11) is 0. The Kier molecular flexibility index (Phi) is 3.31. The fraction of sp³-hybridized carbons (Fsp3) is 0.375. The zero-order chi connectivity index (χ0) is 14.9. The molecule has 0 radical (unpaired) electrons. The van der Waals surface area contributed by atoms with E-state index in [0.717, 1.165) is 30.4 Å². The summed E-state index contributed by atoms with van der Waals surface area (Å²) in [5, 5.41) is 16.9. The van der Waals surface area contributed by atoms with Crippen molar-refractivity contribution in [2.75, 3.05) is 11.9 Å². The maximum absolute atomic E-state index is 9.12. The highest BCUT2D eigenvalue weighted by Gasteiger charge is 2.25. The van der Waals surface area contributed by atoms with Gasteiger partial charge >= 0.3 is 0 Å². The number of hydrogen-bond donors (Lipinski definition) is 2. The van der Waals surface area contributed by atoms with Crippen molar-refractivity contribution in [3.8, 4) is 0 Å².